The van der Waals surface area contributed by atoms with Gasteiger partial charge in [0, 0.05) is 11.0 Å². The quantitative estimate of drug-likeness (QED) is 0.683. The lowest BCUT2D eigenvalue weighted by Gasteiger charge is -2.03. The van der Waals surface area contributed by atoms with Gasteiger partial charge in [-0.1, -0.05) is 35.0 Å². The molecule has 0 aliphatic heterocycles. The summed E-state index contributed by atoms with van der Waals surface area (Å²) in [4.78, 5) is 14.8. The second-order valence-corrected chi connectivity index (χ2v) is 5.40. The van der Waals surface area contributed by atoms with Crippen LogP contribution in [0.1, 0.15) is 0 Å². The Labute approximate surface area is 122 Å². The van der Waals surface area contributed by atoms with Crippen molar-refractivity contribution in [2.75, 3.05) is 5.73 Å². The van der Waals surface area contributed by atoms with Crippen LogP contribution < -0.4 is 5.73 Å². The molecule has 98 valence electrons. The summed E-state index contributed by atoms with van der Waals surface area (Å²) in [5, 5.41) is 12.1. The maximum atomic E-state index is 10.6. The van der Waals surface area contributed by atoms with E-state index >= 15 is 0 Å². The van der Waals surface area contributed by atoms with Crippen molar-refractivity contribution in [1.29, 1.82) is 0 Å². The summed E-state index contributed by atoms with van der Waals surface area (Å²) in [6.07, 6.45) is 0. The van der Waals surface area contributed by atoms with Crippen molar-refractivity contribution in [1.82, 2.24) is 4.98 Å². The highest BCUT2D eigenvalue weighted by atomic mass is 35.5. The molecule has 19 heavy (non-hydrogen) atoms. The number of nitrogens with two attached hydrogens (primary N) is 1. The van der Waals surface area contributed by atoms with Crippen molar-refractivity contribution >= 4 is 46.5 Å². The number of hydrogen-bond donors (Lipinski definition) is 1. The highest BCUT2D eigenvalue weighted by molar-refractivity contribution is 7.99. The normalized spacial score (nSPS) is 10.4. The Kier molecular flexibility index (Phi) is 4.14. The van der Waals surface area contributed by atoms with E-state index in [2.05, 4.69) is 4.98 Å². The summed E-state index contributed by atoms with van der Waals surface area (Å²) in [6.45, 7) is 0. The lowest BCUT2D eigenvalue weighted by Crippen LogP contribution is -1.98. The summed E-state index contributed by atoms with van der Waals surface area (Å²) >= 11 is 13.0. The van der Waals surface area contributed by atoms with Gasteiger partial charge >= 0.3 is 5.69 Å². The molecule has 8 heteroatoms. The number of pyridine rings is 1. The van der Waals surface area contributed by atoms with E-state index in [1.807, 2.05) is 0 Å². The Morgan fingerprint density at radius 1 is 1.21 bits per heavy atom. The molecule has 0 aliphatic carbocycles. The standard InChI is InChI=1S/C11H7Cl2N3O2S/c12-7-2-1-6(5-8(7)13)19-10-4-3-9(16(17)18)11(14)15-10/h1-5H,(H2,14,15). The zero-order chi connectivity index (χ0) is 14.0. The van der Waals surface area contributed by atoms with Crippen LogP contribution in [0.4, 0.5) is 11.5 Å². The molecule has 1 heterocycles. The van der Waals surface area contributed by atoms with Crippen molar-refractivity contribution in [3.63, 3.8) is 0 Å². The van der Waals surface area contributed by atoms with Gasteiger partial charge in [-0.2, -0.15) is 0 Å². The van der Waals surface area contributed by atoms with Gasteiger partial charge < -0.3 is 5.73 Å². The third kappa shape index (κ3) is 3.28. The third-order valence-electron chi connectivity index (χ3n) is 2.19. The molecular formula is C11H7Cl2N3O2S. The van der Waals surface area contributed by atoms with Crippen LogP contribution in [0, 0.1) is 10.1 Å². The predicted octanol–water partition coefficient (Wildman–Crippen LogP) is 4.03. The average Bonchev–Trinajstić information content (AvgIpc) is 2.33. The molecule has 0 atom stereocenters. The van der Waals surface area contributed by atoms with E-state index in [-0.39, 0.29) is 11.5 Å². The zero-order valence-electron chi connectivity index (χ0n) is 9.34. The summed E-state index contributed by atoms with van der Waals surface area (Å²) < 4.78 is 0. The van der Waals surface area contributed by atoms with Gasteiger partial charge in [0.15, 0.2) is 0 Å². The summed E-state index contributed by atoms with van der Waals surface area (Å²) in [5.41, 5.74) is 5.31. The molecule has 0 amide bonds. The van der Waals surface area contributed by atoms with Crippen molar-refractivity contribution in [3.05, 3.63) is 50.5 Å². The van der Waals surface area contributed by atoms with Crippen molar-refractivity contribution in [2.45, 2.75) is 9.92 Å². The van der Waals surface area contributed by atoms with Crippen LogP contribution in [0.3, 0.4) is 0 Å². The van der Waals surface area contributed by atoms with E-state index in [0.717, 1.165) is 4.90 Å². The van der Waals surface area contributed by atoms with Crippen LogP contribution in [0.5, 0.6) is 0 Å². The Bertz CT molecular complexity index is 652. The fourth-order valence-electron chi connectivity index (χ4n) is 1.32. The van der Waals surface area contributed by atoms with Crippen molar-refractivity contribution in [3.8, 4) is 0 Å². The number of hydrogen-bond acceptors (Lipinski definition) is 5. The minimum atomic E-state index is -0.573. The van der Waals surface area contributed by atoms with Crippen LogP contribution in [0.2, 0.25) is 10.0 Å². The van der Waals surface area contributed by atoms with Gasteiger partial charge in [-0.05, 0) is 24.3 Å². The molecule has 0 radical (unpaired) electrons. The molecule has 2 aromatic rings. The Morgan fingerprint density at radius 2 is 1.95 bits per heavy atom. The van der Waals surface area contributed by atoms with Gasteiger partial charge in [-0.15, -0.1) is 0 Å². The van der Waals surface area contributed by atoms with Gasteiger partial charge in [0.2, 0.25) is 5.82 Å². The molecule has 0 unspecified atom stereocenters. The lowest BCUT2D eigenvalue weighted by molar-refractivity contribution is -0.384. The number of nitrogens with zero attached hydrogens (tertiary/aromatic N) is 2. The van der Waals surface area contributed by atoms with Gasteiger partial charge in [0.05, 0.1) is 15.0 Å². The van der Waals surface area contributed by atoms with E-state index in [9.17, 15) is 10.1 Å². The number of anilines is 1. The minimum Gasteiger partial charge on any atom is -0.378 e. The molecule has 0 spiro atoms. The van der Waals surface area contributed by atoms with E-state index in [0.29, 0.717) is 15.1 Å². The second-order valence-electron chi connectivity index (χ2n) is 3.49. The zero-order valence-corrected chi connectivity index (χ0v) is 11.7. The number of benzene rings is 1. The molecule has 1 aromatic heterocycles. The lowest BCUT2D eigenvalue weighted by atomic mass is 10.4. The molecule has 2 rings (SSSR count). The van der Waals surface area contributed by atoms with Gasteiger partial charge in [-0.3, -0.25) is 10.1 Å². The Morgan fingerprint density at radius 3 is 2.53 bits per heavy atom. The molecule has 2 N–H and O–H groups in total. The summed E-state index contributed by atoms with van der Waals surface area (Å²) in [6, 6.07) is 7.98. The maximum absolute atomic E-state index is 10.6. The first-order chi connectivity index (χ1) is 8.97. The van der Waals surface area contributed by atoms with Crippen LogP contribution >= 0.6 is 35.0 Å². The van der Waals surface area contributed by atoms with Crippen molar-refractivity contribution < 1.29 is 4.92 Å². The minimum absolute atomic E-state index is 0.116. The largest absolute Gasteiger partial charge is 0.378 e. The molecule has 0 saturated carbocycles. The topological polar surface area (TPSA) is 82.0 Å². The molecule has 0 saturated heterocycles. The monoisotopic (exact) mass is 315 g/mol. The molecular weight excluding hydrogens is 309 g/mol. The Balaban J connectivity index is 2.26. The average molecular weight is 316 g/mol. The number of nitrogen functional groups attached to an aromatic ring is 1. The van der Waals surface area contributed by atoms with Crippen LogP contribution in [0.15, 0.2) is 40.3 Å². The SMILES string of the molecule is Nc1nc(Sc2ccc(Cl)c(Cl)c2)ccc1[N+](=O)[O-]. The maximum Gasteiger partial charge on any atom is 0.311 e. The molecule has 0 fully saturated rings. The third-order valence-corrected chi connectivity index (χ3v) is 3.85. The number of halogens is 2. The first-order valence-electron chi connectivity index (χ1n) is 5.01. The summed E-state index contributed by atoms with van der Waals surface area (Å²) in [7, 11) is 0. The van der Waals surface area contributed by atoms with Crippen LogP contribution in [-0.2, 0) is 0 Å². The highest BCUT2D eigenvalue weighted by Gasteiger charge is 2.13. The molecule has 1 aromatic carbocycles. The fourth-order valence-corrected chi connectivity index (χ4v) is 2.52. The highest BCUT2D eigenvalue weighted by Crippen LogP contribution is 2.33. The van der Waals surface area contributed by atoms with E-state index < -0.39 is 4.92 Å². The number of nitro groups is 1. The first-order valence-corrected chi connectivity index (χ1v) is 6.58. The second kappa shape index (κ2) is 5.64. The van der Waals surface area contributed by atoms with E-state index in [1.165, 1.54) is 23.9 Å². The smallest absolute Gasteiger partial charge is 0.311 e. The number of aromatic nitrogens is 1. The van der Waals surface area contributed by atoms with Crippen LogP contribution in [0.25, 0.3) is 0 Å². The van der Waals surface area contributed by atoms with E-state index in [4.69, 9.17) is 28.9 Å². The van der Waals surface area contributed by atoms with Gasteiger partial charge in [0.25, 0.3) is 0 Å². The number of rotatable bonds is 3. The van der Waals surface area contributed by atoms with Gasteiger partial charge in [0.1, 0.15) is 5.03 Å². The molecule has 0 bridgehead atoms. The molecule has 5 nitrogen and oxygen atoms in total. The van der Waals surface area contributed by atoms with Gasteiger partial charge in [-0.25, -0.2) is 4.98 Å². The Hall–Kier alpha value is -1.50. The van der Waals surface area contributed by atoms with Crippen molar-refractivity contribution in [2.24, 2.45) is 0 Å². The first kappa shape index (κ1) is 13.9. The van der Waals surface area contributed by atoms with Crippen LogP contribution in [-0.4, -0.2) is 9.91 Å². The predicted molar refractivity (Wildman–Crippen MR) is 75.9 cm³/mol. The fraction of sp³-hybridized carbons (Fsp3) is 0. The van der Waals surface area contributed by atoms with E-state index in [1.54, 1.807) is 18.2 Å². The molecule has 0 aliphatic rings. The summed E-state index contributed by atoms with van der Waals surface area (Å²) in [5.74, 6) is -0.116.